The normalized spacial score (nSPS) is 17.6. The highest BCUT2D eigenvalue weighted by molar-refractivity contribution is 6.09. The molecule has 3 rings (SSSR count). The summed E-state index contributed by atoms with van der Waals surface area (Å²) in [5, 5.41) is 5.08. The van der Waals surface area contributed by atoms with Gasteiger partial charge in [0.25, 0.3) is 5.91 Å². The number of amides is 4. The van der Waals surface area contributed by atoms with E-state index in [0.717, 1.165) is 4.90 Å². The van der Waals surface area contributed by atoms with Gasteiger partial charge in [-0.1, -0.05) is 26.0 Å². The van der Waals surface area contributed by atoms with Gasteiger partial charge in [-0.05, 0) is 36.6 Å². The van der Waals surface area contributed by atoms with Crippen molar-refractivity contribution in [2.75, 3.05) is 5.32 Å². The summed E-state index contributed by atoms with van der Waals surface area (Å²) in [5.74, 6) is -2.14. The largest absolute Gasteiger partial charge is 0.325 e. The van der Waals surface area contributed by atoms with Gasteiger partial charge in [0.15, 0.2) is 0 Å². The maximum Gasteiger partial charge on any atom is 0.325 e. The van der Waals surface area contributed by atoms with Gasteiger partial charge in [-0.25, -0.2) is 14.1 Å². The molecule has 0 bridgehead atoms. The second kappa shape index (κ2) is 7.75. The van der Waals surface area contributed by atoms with Crippen LogP contribution in [0.2, 0.25) is 0 Å². The number of aryl methyl sites for hydroxylation is 1. The lowest BCUT2D eigenvalue weighted by Crippen LogP contribution is -2.50. The zero-order valence-electron chi connectivity index (χ0n) is 15.8. The highest BCUT2D eigenvalue weighted by Gasteiger charge is 2.46. The molecule has 2 heterocycles. The zero-order valence-corrected chi connectivity index (χ0v) is 15.8. The van der Waals surface area contributed by atoms with E-state index in [1.165, 1.54) is 18.3 Å². The summed E-state index contributed by atoms with van der Waals surface area (Å²) < 4.78 is 14.1. The van der Waals surface area contributed by atoms with E-state index in [1.54, 1.807) is 45.2 Å². The Hall–Kier alpha value is -3.29. The highest BCUT2D eigenvalue weighted by atomic mass is 19.1. The van der Waals surface area contributed by atoms with Gasteiger partial charge >= 0.3 is 6.03 Å². The number of hydrogen-bond donors (Lipinski definition) is 2. The smallest absolute Gasteiger partial charge is 0.322 e. The van der Waals surface area contributed by atoms with Crippen molar-refractivity contribution in [3.63, 3.8) is 0 Å². The summed E-state index contributed by atoms with van der Waals surface area (Å²) in [6.45, 7) is 5.17. The van der Waals surface area contributed by atoms with E-state index in [0.29, 0.717) is 11.1 Å². The first-order valence-corrected chi connectivity index (χ1v) is 8.90. The molecule has 2 atom stereocenters. The molecule has 1 fully saturated rings. The van der Waals surface area contributed by atoms with E-state index in [4.69, 9.17) is 0 Å². The number of benzene rings is 1. The SMILES string of the molecule is Cc1ccc(NC(=O)[C@H](C(C)C)N2C(=O)NC(c3cccnc3)C2=O)c(F)c1. The van der Waals surface area contributed by atoms with Crippen LogP contribution in [0.3, 0.4) is 0 Å². The molecule has 1 aromatic carbocycles. The van der Waals surface area contributed by atoms with Crippen molar-refractivity contribution < 1.29 is 18.8 Å². The van der Waals surface area contributed by atoms with Gasteiger partial charge in [0, 0.05) is 18.0 Å². The number of urea groups is 1. The molecule has 0 saturated carbocycles. The number of aromatic nitrogens is 1. The highest BCUT2D eigenvalue weighted by Crippen LogP contribution is 2.26. The van der Waals surface area contributed by atoms with Crippen LogP contribution < -0.4 is 10.6 Å². The number of halogens is 1. The van der Waals surface area contributed by atoms with Gasteiger partial charge in [-0.2, -0.15) is 0 Å². The standard InChI is InChI=1S/C20H21FN4O3/c1-11(2)17(18(26)23-15-7-6-12(3)9-14(15)21)25-19(27)16(24-20(25)28)13-5-4-8-22-10-13/h4-11,16-17H,1-3H3,(H,23,26)(H,24,28)/t16?,17-/m0/s1. The molecule has 0 spiro atoms. The Balaban J connectivity index is 1.86. The molecular weight excluding hydrogens is 363 g/mol. The van der Waals surface area contributed by atoms with Gasteiger partial charge < -0.3 is 10.6 Å². The third-order valence-corrected chi connectivity index (χ3v) is 4.55. The second-order valence-electron chi connectivity index (χ2n) is 7.04. The first-order valence-electron chi connectivity index (χ1n) is 8.90. The third-order valence-electron chi connectivity index (χ3n) is 4.55. The molecule has 1 aliphatic heterocycles. The van der Waals surface area contributed by atoms with Crippen LogP contribution in [0.1, 0.15) is 31.0 Å². The fourth-order valence-corrected chi connectivity index (χ4v) is 3.18. The van der Waals surface area contributed by atoms with Crippen LogP contribution in [0.25, 0.3) is 0 Å². The average Bonchev–Trinajstić information content (AvgIpc) is 2.93. The minimum Gasteiger partial charge on any atom is -0.322 e. The van der Waals surface area contributed by atoms with Crippen molar-refractivity contribution in [3.8, 4) is 0 Å². The molecule has 8 heteroatoms. The summed E-state index contributed by atoms with van der Waals surface area (Å²) in [6.07, 6.45) is 3.04. The Morgan fingerprint density at radius 3 is 2.64 bits per heavy atom. The topological polar surface area (TPSA) is 91.4 Å². The number of imide groups is 1. The molecule has 7 nitrogen and oxygen atoms in total. The van der Waals surface area contributed by atoms with E-state index in [9.17, 15) is 18.8 Å². The lowest BCUT2D eigenvalue weighted by atomic mass is 10.0. The molecule has 1 aromatic heterocycles. The van der Waals surface area contributed by atoms with Crippen molar-refractivity contribution in [3.05, 3.63) is 59.7 Å². The molecule has 1 saturated heterocycles. The van der Waals surface area contributed by atoms with Crippen LogP contribution in [-0.2, 0) is 9.59 Å². The van der Waals surface area contributed by atoms with Crippen LogP contribution in [0.5, 0.6) is 0 Å². The first-order chi connectivity index (χ1) is 13.3. The number of carbonyl (C=O) groups is 3. The Morgan fingerprint density at radius 1 is 1.29 bits per heavy atom. The summed E-state index contributed by atoms with van der Waals surface area (Å²) in [5.41, 5.74) is 1.23. The summed E-state index contributed by atoms with van der Waals surface area (Å²) in [4.78, 5) is 43.1. The van der Waals surface area contributed by atoms with E-state index < -0.39 is 35.7 Å². The molecule has 0 radical (unpaired) electrons. The number of nitrogens with one attached hydrogen (secondary N) is 2. The predicted molar refractivity (Wildman–Crippen MR) is 101 cm³/mol. The van der Waals surface area contributed by atoms with E-state index in [1.807, 2.05) is 0 Å². The molecule has 1 aliphatic rings. The fourth-order valence-electron chi connectivity index (χ4n) is 3.18. The Bertz CT molecular complexity index is 917. The summed E-state index contributed by atoms with van der Waals surface area (Å²) in [7, 11) is 0. The van der Waals surface area contributed by atoms with E-state index in [-0.39, 0.29) is 11.6 Å². The quantitative estimate of drug-likeness (QED) is 0.776. The number of carbonyl (C=O) groups excluding carboxylic acids is 3. The monoisotopic (exact) mass is 384 g/mol. The van der Waals surface area contributed by atoms with Gasteiger partial charge in [0.2, 0.25) is 5.91 Å². The summed E-state index contributed by atoms with van der Waals surface area (Å²) >= 11 is 0. The van der Waals surface area contributed by atoms with Crippen molar-refractivity contribution in [2.24, 2.45) is 5.92 Å². The van der Waals surface area contributed by atoms with Gasteiger partial charge in [-0.15, -0.1) is 0 Å². The zero-order chi connectivity index (χ0) is 20.4. The predicted octanol–water partition coefficient (Wildman–Crippen LogP) is 2.79. The van der Waals surface area contributed by atoms with Crippen LogP contribution in [0.4, 0.5) is 14.9 Å². The lowest BCUT2D eigenvalue weighted by molar-refractivity contribution is -0.135. The molecular formula is C20H21FN4O3. The summed E-state index contributed by atoms with van der Waals surface area (Å²) in [6, 6.07) is 5.07. The van der Waals surface area contributed by atoms with Crippen LogP contribution in [-0.4, -0.2) is 33.8 Å². The fraction of sp³-hybridized carbons (Fsp3) is 0.300. The molecule has 0 aliphatic carbocycles. The lowest BCUT2D eigenvalue weighted by Gasteiger charge is -2.27. The van der Waals surface area contributed by atoms with Crippen molar-refractivity contribution >= 4 is 23.5 Å². The molecule has 4 amide bonds. The number of rotatable bonds is 5. The van der Waals surface area contributed by atoms with Crippen molar-refractivity contribution in [1.82, 2.24) is 15.2 Å². The minimum absolute atomic E-state index is 0.00267. The number of hydrogen-bond acceptors (Lipinski definition) is 4. The molecule has 2 aromatic rings. The minimum atomic E-state index is -1.09. The number of nitrogens with zero attached hydrogens (tertiary/aromatic N) is 2. The molecule has 28 heavy (non-hydrogen) atoms. The van der Waals surface area contributed by atoms with E-state index >= 15 is 0 Å². The number of pyridine rings is 1. The Labute approximate surface area is 161 Å². The van der Waals surface area contributed by atoms with Crippen LogP contribution >= 0.6 is 0 Å². The molecule has 146 valence electrons. The van der Waals surface area contributed by atoms with Crippen LogP contribution in [0.15, 0.2) is 42.7 Å². The second-order valence-corrected chi connectivity index (χ2v) is 7.04. The maximum absolute atomic E-state index is 14.1. The van der Waals surface area contributed by atoms with E-state index in [2.05, 4.69) is 15.6 Å². The van der Waals surface area contributed by atoms with Crippen molar-refractivity contribution in [2.45, 2.75) is 32.9 Å². The van der Waals surface area contributed by atoms with Gasteiger partial charge in [0.05, 0.1) is 5.69 Å². The Morgan fingerprint density at radius 2 is 2.04 bits per heavy atom. The van der Waals surface area contributed by atoms with Crippen molar-refractivity contribution in [1.29, 1.82) is 0 Å². The third kappa shape index (κ3) is 3.71. The van der Waals surface area contributed by atoms with Gasteiger partial charge in [-0.3, -0.25) is 14.6 Å². The first kappa shape index (κ1) is 19.5. The van der Waals surface area contributed by atoms with Crippen LogP contribution in [0, 0.1) is 18.7 Å². The molecule has 1 unspecified atom stereocenters. The van der Waals surface area contributed by atoms with Gasteiger partial charge in [0.1, 0.15) is 17.9 Å². The Kier molecular flexibility index (Phi) is 5.39. The average molecular weight is 384 g/mol. The maximum atomic E-state index is 14.1. The number of anilines is 1. The molecule has 2 N–H and O–H groups in total.